The normalized spacial score (nSPS) is 15.2. The van der Waals surface area contributed by atoms with Crippen LogP contribution in [0.5, 0.6) is 5.75 Å². The molecule has 0 aromatic heterocycles. The van der Waals surface area contributed by atoms with E-state index >= 15 is 0 Å². The van der Waals surface area contributed by atoms with Gasteiger partial charge in [0.05, 0.1) is 12.6 Å². The lowest BCUT2D eigenvalue weighted by Crippen LogP contribution is -2.30. The van der Waals surface area contributed by atoms with Crippen molar-refractivity contribution in [3.8, 4) is 5.75 Å². The Labute approximate surface area is 137 Å². The van der Waals surface area contributed by atoms with Crippen LogP contribution in [-0.4, -0.2) is 6.61 Å². The van der Waals surface area contributed by atoms with Gasteiger partial charge in [0.1, 0.15) is 5.75 Å². The summed E-state index contributed by atoms with van der Waals surface area (Å²) in [6.07, 6.45) is 2.08. The van der Waals surface area contributed by atoms with Crippen LogP contribution in [0, 0.1) is 0 Å². The molecule has 0 spiro atoms. The Morgan fingerprint density at radius 1 is 1.24 bits per heavy atom. The Hall–Kier alpha value is -1.07. The molecule has 1 aliphatic heterocycles. The molecule has 0 amide bonds. The average Bonchev–Trinajstić information content (AvgIpc) is 2.51. The Bertz CT molecular complexity index is 663. The molecule has 1 aliphatic rings. The second kappa shape index (κ2) is 6.36. The Balaban J connectivity index is 2.10. The van der Waals surface area contributed by atoms with Crippen LogP contribution < -0.4 is 16.0 Å². The molecule has 2 aromatic rings. The smallest absolute Gasteiger partial charge is 0.127 e. The van der Waals surface area contributed by atoms with Gasteiger partial charge in [-0.05, 0) is 42.2 Å². The topological polar surface area (TPSA) is 47.3 Å². The number of para-hydroxylation sites is 1. The van der Waals surface area contributed by atoms with Crippen LogP contribution >= 0.6 is 27.5 Å². The third kappa shape index (κ3) is 2.94. The van der Waals surface area contributed by atoms with E-state index in [9.17, 15) is 0 Å². The van der Waals surface area contributed by atoms with Gasteiger partial charge in [-0.2, -0.15) is 0 Å². The van der Waals surface area contributed by atoms with Crippen LogP contribution in [-0.2, 0) is 6.42 Å². The van der Waals surface area contributed by atoms with Gasteiger partial charge in [-0.25, -0.2) is 5.43 Å². The second-order valence-corrected chi connectivity index (χ2v) is 6.38. The lowest BCUT2D eigenvalue weighted by molar-refractivity contribution is 0.283. The zero-order valence-corrected chi connectivity index (χ0v) is 13.7. The third-order valence-corrected chi connectivity index (χ3v) is 4.55. The molecular weight excluding hydrogens is 352 g/mol. The van der Waals surface area contributed by atoms with Crippen LogP contribution in [0.3, 0.4) is 0 Å². The fraction of sp³-hybridized carbons (Fsp3) is 0.250. The van der Waals surface area contributed by atoms with Crippen molar-refractivity contribution >= 4 is 27.5 Å². The van der Waals surface area contributed by atoms with E-state index in [1.807, 2.05) is 30.3 Å². The maximum atomic E-state index is 6.35. The Kier molecular flexibility index (Phi) is 4.50. The quantitative estimate of drug-likeness (QED) is 0.637. The molecule has 0 aliphatic carbocycles. The first-order valence-corrected chi connectivity index (χ1v) is 8.03. The molecule has 3 N–H and O–H groups in total. The van der Waals surface area contributed by atoms with Crippen molar-refractivity contribution < 1.29 is 4.74 Å². The van der Waals surface area contributed by atoms with Gasteiger partial charge in [0.25, 0.3) is 0 Å². The number of nitrogens with one attached hydrogen (secondary N) is 1. The van der Waals surface area contributed by atoms with Gasteiger partial charge in [-0.15, -0.1) is 0 Å². The van der Waals surface area contributed by atoms with Crippen LogP contribution in [0.25, 0.3) is 0 Å². The number of benzene rings is 2. The summed E-state index contributed by atoms with van der Waals surface area (Å²) in [6.45, 7) is 0.744. The first-order chi connectivity index (χ1) is 10.2. The number of nitrogens with two attached hydrogens (primary N) is 1. The molecule has 1 heterocycles. The van der Waals surface area contributed by atoms with E-state index in [1.54, 1.807) is 0 Å². The molecule has 2 aromatic carbocycles. The maximum absolute atomic E-state index is 6.35. The van der Waals surface area contributed by atoms with Gasteiger partial charge >= 0.3 is 0 Å². The molecule has 0 saturated carbocycles. The first kappa shape index (κ1) is 14.9. The van der Waals surface area contributed by atoms with E-state index in [0.29, 0.717) is 5.02 Å². The van der Waals surface area contributed by atoms with Gasteiger partial charge in [0, 0.05) is 15.1 Å². The fourth-order valence-corrected chi connectivity index (χ4v) is 3.33. The summed E-state index contributed by atoms with van der Waals surface area (Å²) in [4.78, 5) is 0. The number of hydrogen-bond donors (Lipinski definition) is 2. The number of aryl methyl sites for hydroxylation is 1. The number of hydrogen-bond acceptors (Lipinski definition) is 3. The molecule has 0 saturated heterocycles. The van der Waals surface area contributed by atoms with Crippen LogP contribution in [0.4, 0.5) is 0 Å². The standard InChI is InChI=1S/C16H16BrClN2O/c17-11-6-7-14(18)13(9-11)15(20-19)12-5-1-3-10-4-2-8-21-16(10)12/h1,3,5-7,9,15,20H,2,4,8,19H2. The molecule has 0 bridgehead atoms. The van der Waals surface area contributed by atoms with Crippen molar-refractivity contribution in [2.75, 3.05) is 6.61 Å². The minimum absolute atomic E-state index is 0.206. The summed E-state index contributed by atoms with van der Waals surface area (Å²) in [5.74, 6) is 6.74. The van der Waals surface area contributed by atoms with Crippen LogP contribution in [0.15, 0.2) is 40.9 Å². The first-order valence-electron chi connectivity index (χ1n) is 6.86. The van der Waals surface area contributed by atoms with E-state index in [4.69, 9.17) is 22.2 Å². The highest BCUT2D eigenvalue weighted by atomic mass is 79.9. The van der Waals surface area contributed by atoms with Gasteiger partial charge in [0.15, 0.2) is 0 Å². The molecule has 1 atom stereocenters. The molecule has 3 rings (SSSR count). The van der Waals surface area contributed by atoms with Gasteiger partial charge < -0.3 is 4.74 Å². The SMILES string of the molecule is NNC(c1cc(Br)ccc1Cl)c1cccc2c1OCCC2. The number of ether oxygens (including phenoxy) is 1. The summed E-state index contributed by atoms with van der Waals surface area (Å²) in [6, 6.07) is 11.7. The molecule has 0 fully saturated rings. The Morgan fingerprint density at radius 2 is 2.10 bits per heavy atom. The molecular formula is C16H16BrClN2O. The van der Waals surface area contributed by atoms with Crippen molar-refractivity contribution in [1.29, 1.82) is 0 Å². The third-order valence-electron chi connectivity index (χ3n) is 3.71. The largest absolute Gasteiger partial charge is 0.493 e. The van der Waals surface area contributed by atoms with Crippen molar-refractivity contribution in [2.45, 2.75) is 18.9 Å². The van der Waals surface area contributed by atoms with E-state index in [1.165, 1.54) is 5.56 Å². The van der Waals surface area contributed by atoms with Crippen molar-refractivity contribution in [3.05, 3.63) is 62.6 Å². The number of rotatable bonds is 3. The zero-order valence-electron chi connectivity index (χ0n) is 11.4. The molecule has 0 radical (unpaired) electrons. The van der Waals surface area contributed by atoms with E-state index in [0.717, 1.165) is 40.8 Å². The lowest BCUT2D eigenvalue weighted by Gasteiger charge is -2.25. The van der Waals surface area contributed by atoms with Crippen molar-refractivity contribution in [1.82, 2.24) is 5.43 Å². The lowest BCUT2D eigenvalue weighted by atomic mass is 9.94. The van der Waals surface area contributed by atoms with Crippen LogP contribution in [0.1, 0.15) is 29.2 Å². The summed E-state index contributed by atoms with van der Waals surface area (Å²) < 4.78 is 6.84. The summed E-state index contributed by atoms with van der Waals surface area (Å²) >= 11 is 9.83. The highest BCUT2D eigenvalue weighted by Crippen LogP contribution is 2.38. The van der Waals surface area contributed by atoms with Crippen molar-refractivity contribution in [3.63, 3.8) is 0 Å². The number of halogens is 2. The minimum Gasteiger partial charge on any atom is -0.493 e. The molecule has 3 nitrogen and oxygen atoms in total. The molecule has 21 heavy (non-hydrogen) atoms. The van der Waals surface area contributed by atoms with Gasteiger partial charge in [0.2, 0.25) is 0 Å². The number of hydrazine groups is 1. The van der Waals surface area contributed by atoms with E-state index in [-0.39, 0.29) is 6.04 Å². The predicted octanol–water partition coefficient (Wildman–Crippen LogP) is 3.98. The fourth-order valence-electron chi connectivity index (χ4n) is 2.72. The monoisotopic (exact) mass is 366 g/mol. The summed E-state index contributed by atoms with van der Waals surface area (Å²) in [5.41, 5.74) is 6.04. The van der Waals surface area contributed by atoms with Gasteiger partial charge in [-0.3, -0.25) is 5.84 Å². The van der Waals surface area contributed by atoms with Crippen molar-refractivity contribution in [2.24, 2.45) is 5.84 Å². The minimum atomic E-state index is -0.206. The predicted molar refractivity (Wildman–Crippen MR) is 88.6 cm³/mol. The maximum Gasteiger partial charge on any atom is 0.127 e. The number of fused-ring (bicyclic) bond motifs is 1. The zero-order chi connectivity index (χ0) is 14.8. The van der Waals surface area contributed by atoms with Crippen LogP contribution in [0.2, 0.25) is 5.02 Å². The highest BCUT2D eigenvalue weighted by Gasteiger charge is 2.23. The van der Waals surface area contributed by atoms with E-state index in [2.05, 4.69) is 27.4 Å². The Morgan fingerprint density at radius 3 is 2.90 bits per heavy atom. The molecule has 5 heteroatoms. The van der Waals surface area contributed by atoms with E-state index < -0.39 is 0 Å². The summed E-state index contributed by atoms with van der Waals surface area (Å²) in [5, 5.41) is 0.676. The van der Waals surface area contributed by atoms with Gasteiger partial charge in [-0.1, -0.05) is 45.7 Å². The second-order valence-electron chi connectivity index (χ2n) is 5.05. The summed E-state index contributed by atoms with van der Waals surface area (Å²) in [7, 11) is 0. The molecule has 110 valence electrons. The molecule has 1 unspecified atom stereocenters. The highest BCUT2D eigenvalue weighted by molar-refractivity contribution is 9.10. The average molecular weight is 368 g/mol.